The lowest BCUT2D eigenvalue weighted by atomic mass is 9.61. The molecule has 0 bridgehead atoms. The van der Waals surface area contributed by atoms with Gasteiger partial charge >= 0.3 is 6.03 Å². The Hall–Kier alpha value is -2.39. The van der Waals surface area contributed by atoms with Gasteiger partial charge in [-0.15, -0.1) is 0 Å². The van der Waals surface area contributed by atoms with Crippen molar-refractivity contribution in [3.8, 4) is 6.07 Å². The molecule has 3 amide bonds. The van der Waals surface area contributed by atoms with Gasteiger partial charge in [0.15, 0.2) is 5.54 Å². The van der Waals surface area contributed by atoms with Crippen LogP contribution in [-0.2, 0) is 21.5 Å². The molecule has 1 aliphatic heterocycles. The maximum Gasteiger partial charge on any atom is 0.325 e. The van der Waals surface area contributed by atoms with E-state index >= 15 is 0 Å². The number of nitriles is 1. The molecule has 1 aromatic carbocycles. The van der Waals surface area contributed by atoms with Crippen LogP contribution in [0.4, 0.5) is 4.79 Å². The molecule has 1 saturated heterocycles. The number of urea groups is 1. The minimum atomic E-state index is -1.06. The Bertz CT molecular complexity index is 805. The Morgan fingerprint density at radius 1 is 1.32 bits per heavy atom. The van der Waals surface area contributed by atoms with E-state index in [1.807, 2.05) is 6.07 Å². The molecule has 2 spiro atoms. The summed E-state index contributed by atoms with van der Waals surface area (Å²) >= 11 is 0. The SMILES string of the molecule is COC1CCC2(CC1)Cc1ccc(C#N)cc1C21NC(=O)N(C)C1=O. The quantitative estimate of drug-likeness (QED) is 0.794. The van der Waals surface area contributed by atoms with E-state index in [2.05, 4.69) is 11.4 Å². The summed E-state index contributed by atoms with van der Waals surface area (Å²) in [4.78, 5) is 26.8. The summed E-state index contributed by atoms with van der Waals surface area (Å²) in [5.74, 6) is -0.206. The van der Waals surface area contributed by atoms with Gasteiger partial charge in [-0.2, -0.15) is 5.26 Å². The molecule has 0 radical (unpaired) electrons. The normalized spacial score (nSPS) is 33.6. The molecule has 1 unspecified atom stereocenters. The molecule has 0 aromatic heterocycles. The van der Waals surface area contributed by atoms with E-state index in [0.717, 1.165) is 43.2 Å². The number of nitrogens with zero attached hydrogens (tertiary/aromatic N) is 2. The number of hydrogen-bond donors (Lipinski definition) is 1. The zero-order valence-electron chi connectivity index (χ0n) is 14.5. The van der Waals surface area contributed by atoms with E-state index in [0.29, 0.717) is 5.56 Å². The van der Waals surface area contributed by atoms with Gasteiger partial charge in [-0.1, -0.05) is 6.07 Å². The van der Waals surface area contributed by atoms with Gasteiger partial charge in [0.25, 0.3) is 5.91 Å². The summed E-state index contributed by atoms with van der Waals surface area (Å²) in [6.07, 6.45) is 4.29. The molecule has 1 atom stereocenters. The summed E-state index contributed by atoms with van der Waals surface area (Å²) in [5.41, 5.74) is 0.955. The molecule has 1 heterocycles. The predicted octanol–water partition coefficient (Wildman–Crippen LogP) is 2.07. The fourth-order valence-corrected chi connectivity index (χ4v) is 5.05. The summed E-state index contributed by atoms with van der Waals surface area (Å²) < 4.78 is 5.50. The van der Waals surface area contributed by atoms with E-state index < -0.39 is 5.54 Å². The highest BCUT2D eigenvalue weighted by Gasteiger charge is 2.67. The Morgan fingerprint density at radius 3 is 2.60 bits per heavy atom. The van der Waals surface area contributed by atoms with Crippen molar-refractivity contribution in [2.45, 2.75) is 43.7 Å². The number of methoxy groups -OCH3 is 1. The van der Waals surface area contributed by atoms with Crippen LogP contribution in [-0.4, -0.2) is 37.1 Å². The van der Waals surface area contributed by atoms with E-state index in [-0.39, 0.29) is 23.5 Å². The number of imide groups is 1. The van der Waals surface area contributed by atoms with Gasteiger partial charge in [-0.25, -0.2) is 4.79 Å². The van der Waals surface area contributed by atoms with Gasteiger partial charge < -0.3 is 10.1 Å². The number of rotatable bonds is 1. The highest BCUT2D eigenvalue weighted by atomic mass is 16.5. The zero-order valence-corrected chi connectivity index (χ0v) is 14.5. The van der Waals surface area contributed by atoms with Crippen molar-refractivity contribution in [1.29, 1.82) is 5.26 Å². The van der Waals surface area contributed by atoms with Crippen LogP contribution in [0.2, 0.25) is 0 Å². The third-order valence-corrected chi connectivity index (χ3v) is 6.41. The van der Waals surface area contributed by atoms with Gasteiger partial charge in [0.1, 0.15) is 0 Å². The molecule has 2 aliphatic carbocycles. The van der Waals surface area contributed by atoms with E-state index in [4.69, 9.17) is 4.74 Å². The Labute approximate surface area is 146 Å². The first-order valence-corrected chi connectivity index (χ1v) is 8.64. The number of amides is 3. The summed E-state index contributed by atoms with van der Waals surface area (Å²) in [6.45, 7) is 0. The number of ether oxygens (including phenoxy) is 1. The van der Waals surface area contributed by atoms with E-state index in [9.17, 15) is 14.9 Å². The number of hydrogen-bond acceptors (Lipinski definition) is 4. The fourth-order valence-electron chi connectivity index (χ4n) is 5.05. The van der Waals surface area contributed by atoms with Crippen LogP contribution in [0, 0.1) is 16.7 Å². The zero-order chi connectivity index (χ0) is 17.8. The van der Waals surface area contributed by atoms with Crippen LogP contribution >= 0.6 is 0 Å². The molecular weight excluding hydrogens is 318 g/mol. The van der Waals surface area contributed by atoms with Crippen molar-refractivity contribution in [1.82, 2.24) is 10.2 Å². The van der Waals surface area contributed by atoms with Crippen LogP contribution < -0.4 is 5.32 Å². The average molecular weight is 339 g/mol. The maximum absolute atomic E-state index is 13.3. The largest absolute Gasteiger partial charge is 0.381 e. The molecular formula is C19H21N3O3. The Balaban J connectivity index is 1.88. The molecule has 130 valence electrons. The number of fused-ring (bicyclic) bond motifs is 3. The second kappa shape index (κ2) is 5.30. The van der Waals surface area contributed by atoms with Crippen LogP contribution in [0.1, 0.15) is 42.4 Å². The van der Waals surface area contributed by atoms with Crippen LogP contribution in [0.25, 0.3) is 0 Å². The summed E-state index contributed by atoms with van der Waals surface area (Å²) in [6, 6.07) is 7.29. The minimum absolute atomic E-state index is 0.200. The predicted molar refractivity (Wildman–Crippen MR) is 89.5 cm³/mol. The number of nitrogens with one attached hydrogen (secondary N) is 1. The first kappa shape index (κ1) is 16.1. The number of carbonyl (C=O) groups excluding carboxylic acids is 2. The topological polar surface area (TPSA) is 82.4 Å². The minimum Gasteiger partial charge on any atom is -0.381 e. The number of benzene rings is 1. The fraction of sp³-hybridized carbons (Fsp3) is 0.526. The lowest BCUT2D eigenvalue weighted by Gasteiger charge is -2.46. The van der Waals surface area contributed by atoms with Crippen LogP contribution in [0.15, 0.2) is 18.2 Å². The van der Waals surface area contributed by atoms with E-state index in [1.165, 1.54) is 11.9 Å². The number of carbonyl (C=O) groups is 2. The highest BCUT2D eigenvalue weighted by Crippen LogP contribution is 2.59. The third-order valence-electron chi connectivity index (χ3n) is 6.41. The van der Waals surface area contributed by atoms with Gasteiger partial charge in [-0.3, -0.25) is 9.69 Å². The molecule has 1 N–H and O–H groups in total. The lowest BCUT2D eigenvalue weighted by molar-refractivity contribution is -0.137. The Morgan fingerprint density at radius 2 is 2.04 bits per heavy atom. The average Bonchev–Trinajstić information content (AvgIpc) is 3.03. The van der Waals surface area contributed by atoms with Crippen molar-refractivity contribution in [2.24, 2.45) is 5.41 Å². The first-order valence-electron chi connectivity index (χ1n) is 8.64. The monoisotopic (exact) mass is 339 g/mol. The van der Waals surface area contributed by atoms with Crippen molar-refractivity contribution >= 4 is 11.9 Å². The van der Waals surface area contributed by atoms with Gasteiger partial charge in [0, 0.05) is 19.6 Å². The van der Waals surface area contributed by atoms with Crippen molar-refractivity contribution < 1.29 is 14.3 Å². The van der Waals surface area contributed by atoms with Gasteiger partial charge in [0.05, 0.1) is 17.7 Å². The molecule has 6 heteroatoms. The third kappa shape index (κ3) is 1.93. The maximum atomic E-state index is 13.3. The smallest absolute Gasteiger partial charge is 0.325 e. The van der Waals surface area contributed by atoms with Gasteiger partial charge in [0.2, 0.25) is 0 Å². The van der Waals surface area contributed by atoms with Crippen molar-refractivity contribution in [2.75, 3.05) is 14.2 Å². The molecule has 4 rings (SSSR count). The van der Waals surface area contributed by atoms with Gasteiger partial charge in [-0.05, 0) is 55.4 Å². The van der Waals surface area contributed by atoms with E-state index in [1.54, 1.807) is 19.2 Å². The Kier molecular flexibility index (Phi) is 3.41. The lowest BCUT2D eigenvalue weighted by Crippen LogP contribution is -2.56. The second-order valence-corrected chi connectivity index (χ2v) is 7.42. The number of likely N-dealkylation sites (N-methyl/N-ethyl adjacent to an activating group) is 1. The first-order chi connectivity index (χ1) is 12.0. The van der Waals surface area contributed by atoms with Crippen LogP contribution in [0.3, 0.4) is 0 Å². The standard InChI is InChI=1S/C19H21N3O3/c1-22-16(23)19(21-17(22)24)15-9-12(11-20)3-4-13(15)10-18(19)7-5-14(25-2)6-8-18/h3-4,9,14H,5-8,10H2,1-2H3,(H,21,24). The molecule has 3 aliphatic rings. The van der Waals surface area contributed by atoms with Crippen molar-refractivity contribution in [3.63, 3.8) is 0 Å². The molecule has 25 heavy (non-hydrogen) atoms. The summed E-state index contributed by atoms with van der Waals surface area (Å²) in [7, 11) is 3.24. The molecule has 2 fully saturated rings. The van der Waals surface area contributed by atoms with Crippen molar-refractivity contribution in [3.05, 3.63) is 34.9 Å². The highest BCUT2D eigenvalue weighted by molar-refractivity contribution is 6.08. The van der Waals surface area contributed by atoms with Crippen LogP contribution in [0.5, 0.6) is 0 Å². The molecule has 1 saturated carbocycles. The molecule has 1 aromatic rings. The molecule has 6 nitrogen and oxygen atoms in total. The second-order valence-electron chi connectivity index (χ2n) is 7.42. The summed E-state index contributed by atoms with van der Waals surface area (Å²) in [5, 5.41) is 12.3.